The van der Waals surface area contributed by atoms with Gasteiger partial charge in [0.1, 0.15) is 5.75 Å². The van der Waals surface area contributed by atoms with Gasteiger partial charge in [0.2, 0.25) is 15.9 Å². The Morgan fingerprint density at radius 1 is 1.15 bits per heavy atom. The van der Waals surface area contributed by atoms with Crippen LogP contribution in [0, 0.1) is 0 Å². The number of nitrogens with two attached hydrogens (primary N) is 1. The molecule has 0 saturated carbocycles. The third kappa shape index (κ3) is 5.31. The van der Waals surface area contributed by atoms with Crippen LogP contribution in [-0.4, -0.2) is 29.6 Å². The second kappa shape index (κ2) is 9.06. The van der Waals surface area contributed by atoms with Gasteiger partial charge in [-0.2, -0.15) is 5.11 Å². The number of sulfonamides is 1. The third-order valence-electron chi connectivity index (χ3n) is 4.52. The maximum Gasteiger partial charge on any atom is 0.412 e. The van der Waals surface area contributed by atoms with Gasteiger partial charge < -0.3 is 20.1 Å². The number of ether oxygens (including phenoxy) is 1. The molecule has 168 valence electrons. The molecule has 0 unspecified atom stereocenters. The topological polar surface area (TPSA) is 172 Å². The number of primary sulfonamides is 1. The molecule has 0 atom stereocenters. The number of carbonyl (C=O) groups excluding carboxylic acids is 1. The van der Waals surface area contributed by atoms with E-state index in [4.69, 9.17) is 9.88 Å². The van der Waals surface area contributed by atoms with Crippen molar-refractivity contribution in [2.24, 2.45) is 15.4 Å². The molecule has 33 heavy (non-hydrogen) atoms. The van der Waals surface area contributed by atoms with Crippen molar-refractivity contribution < 1.29 is 23.1 Å². The van der Waals surface area contributed by atoms with Crippen LogP contribution in [0.4, 0.5) is 16.2 Å². The largest absolute Gasteiger partial charge is 0.493 e. The minimum absolute atomic E-state index is 0.0556. The second-order valence-electron chi connectivity index (χ2n) is 6.87. The van der Waals surface area contributed by atoms with Crippen molar-refractivity contribution >= 4 is 38.4 Å². The molecule has 11 nitrogen and oxygen atoms in total. The fourth-order valence-electron chi connectivity index (χ4n) is 2.94. The van der Waals surface area contributed by atoms with E-state index >= 15 is 0 Å². The minimum atomic E-state index is -3.82. The number of aromatic hydroxyl groups is 1. The highest BCUT2D eigenvalue weighted by Crippen LogP contribution is 2.38. The lowest BCUT2D eigenvalue weighted by molar-refractivity contribution is 0.200. The smallest absolute Gasteiger partial charge is 0.412 e. The highest BCUT2D eigenvalue weighted by Gasteiger charge is 2.13. The van der Waals surface area contributed by atoms with Gasteiger partial charge in [-0.1, -0.05) is 6.07 Å². The van der Waals surface area contributed by atoms with Gasteiger partial charge in [0.05, 0.1) is 16.1 Å². The number of azo groups is 1. The lowest BCUT2D eigenvalue weighted by Crippen LogP contribution is -2.26. The van der Waals surface area contributed by atoms with Gasteiger partial charge in [0.25, 0.3) is 0 Å². The number of aromatic nitrogens is 2. The normalized spacial score (nSPS) is 11.7. The van der Waals surface area contributed by atoms with Crippen LogP contribution in [0.25, 0.3) is 10.9 Å². The van der Waals surface area contributed by atoms with Crippen molar-refractivity contribution in [2.75, 3.05) is 0 Å². The minimum Gasteiger partial charge on any atom is -0.493 e. The van der Waals surface area contributed by atoms with Crippen molar-refractivity contribution in [3.63, 3.8) is 0 Å². The molecule has 0 spiro atoms. The van der Waals surface area contributed by atoms with E-state index < -0.39 is 16.1 Å². The number of pyridine rings is 1. The van der Waals surface area contributed by atoms with Gasteiger partial charge in [-0.05, 0) is 54.1 Å². The zero-order valence-electron chi connectivity index (χ0n) is 17.0. The van der Waals surface area contributed by atoms with E-state index in [1.54, 1.807) is 30.6 Å². The average Bonchev–Trinajstić information content (AvgIpc) is 3.11. The molecule has 0 bridgehead atoms. The summed E-state index contributed by atoms with van der Waals surface area (Å²) in [5.74, 6) is 0.00669. The first kappa shape index (κ1) is 21.9. The molecule has 5 N–H and O–H groups in total. The molecule has 2 aromatic heterocycles. The number of carbonyl (C=O) groups is 1. The van der Waals surface area contributed by atoms with E-state index in [9.17, 15) is 18.3 Å². The highest BCUT2D eigenvalue weighted by molar-refractivity contribution is 7.89. The van der Waals surface area contributed by atoms with Crippen molar-refractivity contribution in [1.82, 2.24) is 15.3 Å². The van der Waals surface area contributed by atoms with Crippen LogP contribution in [0.5, 0.6) is 11.6 Å². The maximum absolute atomic E-state index is 12.1. The number of fused-ring (bicyclic) bond motifs is 1. The lowest BCUT2D eigenvalue weighted by Gasteiger charge is -2.06. The molecular formula is C21H18N6O5S. The standard InChI is InChI=1S/C21H18N6O5S/c22-33(30,31)16-6-3-14(4-7-16)26-27-19-17-10-15(5-8-18(17)25-20(19)28)32-21(29)24-12-13-2-1-9-23-11-13/h1-11,25,28H,12H2,(H,24,29)(H2,22,30,31). The number of aromatic amines is 1. The van der Waals surface area contributed by atoms with Gasteiger partial charge in [0, 0.05) is 24.3 Å². The van der Waals surface area contributed by atoms with E-state index in [2.05, 4.69) is 25.5 Å². The molecule has 0 aliphatic heterocycles. The monoisotopic (exact) mass is 466 g/mol. The van der Waals surface area contributed by atoms with Crippen LogP contribution in [-0.2, 0) is 16.6 Å². The molecule has 4 rings (SSSR count). The number of nitrogens with zero attached hydrogens (tertiary/aromatic N) is 3. The SMILES string of the molecule is NS(=O)(=O)c1ccc(N=Nc2c(O)[nH]c3ccc(OC(=O)NCc4cccnc4)cc23)cc1. The number of H-pyrrole nitrogens is 1. The summed E-state index contributed by atoms with van der Waals surface area (Å²) >= 11 is 0. The summed E-state index contributed by atoms with van der Waals surface area (Å²) in [5.41, 5.74) is 1.84. The zero-order valence-corrected chi connectivity index (χ0v) is 17.8. The number of benzene rings is 2. The van der Waals surface area contributed by atoms with Crippen LogP contribution in [0.15, 0.2) is 82.1 Å². The summed E-state index contributed by atoms with van der Waals surface area (Å²) in [6.07, 6.45) is 2.61. The van der Waals surface area contributed by atoms with Gasteiger partial charge in [-0.3, -0.25) is 4.98 Å². The van der Waals surface area contributed by atoms with E-state index in [1.165, 1.54) is 30.3 Å². The quantitative estimate of drug-likeness (QED) is 0.316. The first-order chi connectivity index (χ1) is 15.8. The fourth-order valence-corrected chi connectivity index (χ4v) is 3.45. The van der Waals surface area contributed by atoms with E-state index in [0.29, 0.717) is 16.6 Å². The van der Waals surface area contributed by atoms with Gasteiger partial charge in [-0.15, -0.1) is 5.11 Å². The molecule has 0 aliphatic rings. The Morgan fingerprint density at radius 3 is 2.64 bits per heavy atom. The number of hydrogen-bond acceptors (Lipinski definition) is 8. The Kier molecular flexibility index (Phi) is 6.02. The Morgan fingerprint density at radius 2 is 1.94 bits per heavy atom. The number of amides is 1. The summed E-state index contributed by atoms with van der Waals surface area (Å²) < 4.78 is 28.0. The average molecular weight is 466 g/mol. The number of nitrogens with one attached hydrogen (secondary N) is 2. The zero-order chi connectivity index (χ0) is 23.4. The number of rotatable bonds is 6. The van der Waals surface area contributed by atoms with Gasteiger partial charge >= 0.3 is 6.09 Å². The first-order valence-corrected chi connectivity index (χ1v) is 11.1. The van der Waals surface area contributed by atoms with Gasteiger partial charge in [-0.25, -0.2) is 18.4 Å². The van der Waals surface area contributed by atoms with Crippen LogP contribution >= 0.6 is 0 Å². The molecular weight excluding hydrogens is 448 g/mol. The molecule has 2 aromatic carbocycles. The Bertz CT molecular complexity index is 1430. The molecule has 2 heterocycles. The predicted molar refractivity (Wildman–Crippen MR) is 119 cm³/mol. The maximum atomic E-state index is 12.1. The number of hydrogen-bond donors (Lipinski definition) is 4. The lowest BCUT2D eigenvalue weighted by atomic mass is 10.2. The Hall–Kier alpha value is -4.29. The summed E-state index contributed by atoms with van der Waals surface area (Å²) in [6, 6.07) is 13.8. The molecule has 4 aromatic rings. The van der Waals surface area contributed by atoms with Gasteiger partial charge in [0.15, 0.2) is 5.69 Å². The van der Waals surface area contributed by atoms with Crippen molar-refractivity contribution in [1.29, 1.82) is 0 Å². The Balaban J connectivity index is 1.51. The second-order valence-corrected chi connectivity index (χ2v) is 8.43. The summed E-state index contributed by atoms with van der Waals surface area (Å²) in [4.78, 5) is 18.8. The van der Waals surface area contributed by atoms with Crippen LogP contribution in [0.3, 0.4) is 0 Å². The summed E-state index contributed by atoms with van der Waals surface area (Å²) in [7, 11) is -3.82. The van der Waals surface area contributed by atoms with E-state index in [1.807, 2.05) is 6.07 Å². The highest BCUT2D eigenvalue weighted by atomic mass is 32.2. The molecule has 12 heteroatoms. The fraction of sp³-hybridized carbons (Fsp3) is 0.0476. The molecule has 0 radical (unpaired) electrons. The molecule has 0 saturated heterocycles. The van der Waals surface area contributed by atoms with Crippen molar-refractivity contribution in [3.8, 4) is 11.6 Å². The van der Waals surface area contributed by atoms with Crippen molar-refractivity contribution in [3.05, 3.63) is 72.6 Å². The molecule has 0 fully saturated rings. The van der Waals surface area contributed by atoms with E-state index in [0.717, 1.165) is 5.56 Å². The predicted octanol–water partition coefficient (Wildman–Crippen LogP) is 3.62. The Labute approximate surface area is 188 Å². The summed E-state index contributed by atoms with van der Waals surface area (Å²) in [6.45, 7) is 0.254. The molecule has 1 amide bonds. The molecule has 0 aliphatic carbocycles. The van der Waals surface area contributed by atoms with Crippen molar-refractivity contribution in [2.45, 2.75) is 11.4 Å². The first-order valence-electron chi connectivity index (χ1n) is 9.53. The van der Waals surface area contributed by atoms with Crippen LogP contribution in [0.1, 0.15) is 5.56 Å². The summed E-state index contributed by atoms with van der Waals surface area (Å²) in [5, 5.41) is 26.5. The van der Waals surface area contributed by atoms with Crippen LogP contribution < -0.4 is 15.2 Å². The van der Waals surface area contributed by atoms with E-state index in [-0.39, 0.29) is 28.8 Å². The third-order valence-corrected chi connectivity index (χ3v) is 5.45. The van der Waals surface area contributed by atoms with Crippen LogP contribution in [0.2, 0.25) is 0 Å².